The molecular formula is C15H23BrN2O. The molecule has 1 saturated carbocycles. The quantitative estimate of drug-likeness (QED) is 0.891. The molecule has 2 rings (SSSR count). The first-order chi connectivity index (χ1) is 9.11. The van der Waals surface area contributed by atoms with Crippen molar-refractivity contribution in [1.29, 1.82) is 0 Å². The second-order valence-electron chi connectivity index (χ2n) is 5.72. The number of halogens is 1. The van der Waals surface area contributed by atoms with Gasteiger partial charge in [-0.3, -0.25) is 4.98 Å². The van der Waals surface area contributed by atoms with Gasteiger partial charge in [0, 0.05) is 22.6 Å². The third-order valence-electron chi connectivity index (χ3n) is 4.70. The molecular weight excluding hydrogens is 304 g/mol. The molecule has 1 aliphatic rings. The predicted molar refractivity (Wildman–Crippen MR) is 80.6 cm³/mol. The van der Waals surface area contributed by atoms with Gasteiger partial charge < -0.3 is 10.8 Å². The summed E-state index contributed by atoms with van der Waals surface area (Å²) in [5.74, 6) is 0.796. The van der Waals surface area contributed by atoms with Gasteiger partial charge in [0.25, 0.3) is 0 Å². The van der Waals surface area contributed by atoms with E-state index in [0.717, 1.165) is 28.9 Å². The van der Waals surface area contributed by atoms with Crippen LogP contribution in [-0.2, 0) is 0 Å². The average Bonchev–Trinajstić information content (AvgIpc) is 2.47. The van der Waals surface area contributed by atoms with Gasteiger partial charge in [-0.1, -0.05) is 13.3 Å². The van der Waals surface area contributed by atoms with Crippen LogP contribution in [0.25, 0.3) is 0 Å². The van der Waals surface area contributed by atoms with Crippen LogP contribution in [-0.4, -0.2) is 16.6 Å². The Bertz CT molecular complexity index is 399. The van der Waals surface area contributed by atoms with E-state index < -0.39 is 6.10 Å². The van der Waals surface area contributed by atoms with Crippen molar-refractivity contribution in [3.63, 3.8) is 0 Å². The van der Waals surface area contributed by atoms with Crippen LogP contribution in [0.1, 0.15) is 50.8 Å². The molecule has 3 nitrogen and oxygen atoms in total. The molecule has 3 N–H and O–H groups in total. The van der Waals surface area contributed by atoms with Crippen molar-refractivity contribution in [3.8, 4) is 0 Å². The predicted octanol–water partition coefficient (Wildman–Crippen LogP) is 3.42. The van der Waals surface area contributed by atoms with Gasteiger partial charge in [-0.2, -0.15) is 0 Å². The van der Waals surface area contributed by atoms with E-state index in [-0.39, 0.29) is 5.41 Å². The first kappa shape index (κ1) is 14.9. The Morgan fingerprint density at radius 3 is 2.63 bits per heavy atom. The van der Waals surface area contributed by atoms with Crippen molar-refractivity contribution in [2.45, 2.75) is 45.1 Å². The molecule has 0 amide bonds. The van der Waals surface area contributed by atoms with Gasteiger partial charge in [-0.25, -0.2) is 0 Å². The van der Waals surface area contributed by atoms with Crippen LogP contribution in [0.5, 0.6) is 0 Å². The van der Waals surface area contributed by atoms with E-state index in [4.69, 9.17) is 5.73 Å². The average molecular weight is 327 g/mol. The van der Waals surface area contributed by atoms with Gasteiger partial charge in [-0.05, 0) is 59.7 Å². The molecule has 1 unspecified atom stereocenters. The number of aromatic nitrogens is 1. The molecule has 106 valence electrons. The highest BCUT2D eigenvalue weighted by Gasteiger charge is 2.41. The standard InChI is InChI=1S/C15H23BrN2O/c1-2-11-5-7-15(10-17,8-6-11)14(19)13-4-3-12(16)9-18-13/h3-4,9,11,14,19H,2,5-8,10,17H2,1H3. The van der Waals surface area contributed by atoms with Crippen LogP contribution in [0.3, 0.4) is 0 Å². The Morgan fingerprint density at radius 1 is 1.47 bits per heavy atom. The number of aliphatic hydroxyl groups excluding tert-OH is 1. The van der Waals surface area contributed by atoms with Crippen molar-refractivity contribution in [1.82, 2.24) is 4.98 Å². The van der Waals surface area contributed by atoms with Crippen LogP contribution >= 0.6 is 15.9 Å². The lowest BCUT2D eigenvalue weighted by Crippen LogP contribution is -2.40. The molecule has 4 heteroatoms. The number of nitrogens with zero attached hydrogens (tertiary/aromatic N) is 1. The Labute approximate surface area is 123 Å². The van der Waals surface area contributed by atoms with Gasteiger partial charge in [0.15, 0.2) is 0 Å². The fraction of sp³-hybridized carbons (Fsp3) is 0.667. The molecule has 1 aromatic rings. The van der Waals surface area contributed by atoms with Crippen LogP contribution in [0.2, 0.25) is 0 Å². The summed E-state index contributed by atoms with van der Waals surface area (Å²) < 4.78 is 0.930. The van der Waals surface area contributed by atoms with E-state index in [1.807, 2.05) is 12.1 Å². The Kier molecular flexibility index (Phi) is 4.98. The fourth-order valence-electron chi connectivity index (χ4n) is 3.11. The highest BCUT2D eigenvalue weighted by molar-refractivity contribution is 9.10. The van der Waals surface area contributed by atoms with Gasteiger partial charge in [0.05, 0.1) is 5.69 Å². The normalized spacial score (nSPS) is 29.2. The number of hydrogen-bond acceptors (Lipinski definition) is 3. The van der Waals surface area contributed by atoms with Crippen molar-refractivity contribution in [2.75, 3.05) is 6.54 Å². The first-order valence-electron chi connectivity index (χ1n) is 7.11. The third-order valence-corrected chi connectivity index (χ3v) is 5.16. The van der Waals surface area contributed by atoms with Gasteiger partial charge in [0.2, 0.25) is 0 Å². The molecule has 1 aromatic heterocycles. The van der Waals surface area contributed by atoms with Crippen LogP contribution < -0.4 is 5.73 Å². The Balaban J connectivity index is 2.15. The molecule has 1 atom stereocenters. The van der Waals surface area contributed by atoms with E-state index in [9.17, 15) is 5.11 Å². The molecule has 0 aliphatic heterocycles. The molecule has 1 fully saturated rings. The second-order valence-corrected chi connectivity index (χ2v) is 6.64. The molecule has 0 radical (unpaired) electrons. The van der Waals surface area contributed by atoms with Gasteiger partial charge in [-0.15, -0.1) is 0 Å². The second kappa shape index (κ2) is 6.33. The van der Waals surface area contributed by atoms with Crippen LogP contribution in [0.4, 0.5) is 0 Å². The van der Waals surface area contributed by atoms with Crippen LogP contribution in [0, 0.1) is 11.3 Å². The lowest BCUT2D eigenvalue weighted by atomic mass is 9.66. The Hall–Kier alpha value is -0.450. The van der Waals surface area contributed by atoms with Crippen molar-refractivity contribution >= 4 is 15.9 Å². The topological polar surface area (TPSA) is 59.1 Å². The SMILES string of the molecule is CCC1CCC(CN)(C(O)c2ccc(Br)cn2)CC1. The number of pyridine rings is 1. The minimum Gasteiger partial charge on any atom is -0.386 e. The molecule has 0 saturated heterocycles. The van der Waals surface area contributed by atoms with E-state index in [2.05, 4.69) is 27.8 Å². The van der Waals surface area contributed by atoms with Crippen molar-refractivity contribution in [2.24, 2.45) is 17.1 Å². The van der Waals surface area contributed by atoms with Gasteiger partial charge >= 0.3 is 0 Å². The summed E-state index contributed by atoms with van der Waals surface area (Å²) in [6.07, 6.45) is 6.75. The van der Waals surface area contributed by atoms with Crippen molar-refractivity contribution in [3.05, 3.63) is 28.5 Å². The summed E-state index contributed by atoms with van der Waals surface area (Å²) >= 11 is 3.37. The maximum atomic E-state index is 10.7. The minimum absolute atomic E-state index is 0.188. The zero-order valence-corrected chi connectivity index (χ0v) is 13.1. The van der Waals surface area contributed by atoms with E-state index >= 15 is 0 Å². The highest BCUT2D eigenvalue weighted by atomic mass is 79.9. The summed E-state index contributed by atoms with van der Waals surface area (Å²) in [5.41, 5.74) is 6.55. The summed E-state index contributed by atoms with van der Waals surface area (Å²) in [6.45, 7) is 2.77. The number of hydrogen-bond donors (Lipinski definition) is 2. The molecule has 0 aromatic carbocycles. The largest absolute Gasteiger partial charge is 0.386 e. The van der Waals surface area contributed by atoms with E-state index in [1.54, 1.807) is 6.20 Å². The molecule has 0 bridgehead atoms. The molecule has 1 heterocycles. The maximum absolute atomic E-state index is 10.7. The maximum Gasteiger partial charge on any atom is 0.103 e. The van der Waals surface area contributed by atoms with Crippen molar-refractivity contribution < 1.29 is 5.11 Å². The molecule has 0 spiro atoms. The monoisotopic (exact) mass is 326 g/mol. The third kappa shape index (κ3) is 3.18. The fourth-order valence-corrected chi connectivity index (χ4v) is 3.35. The van der Waals surface area contributed by atoms with E-state index in [0.29, 0.717) is 6.54 Å². The van der Waals surface area contributed by atoms with Gasteiger partial charge in [0.1, 0.15) is 6.10 Å². The molecule has 19 heavy (non-hydrogen) atoms. The summed E-state index contributed by atoms with van der Waals surface area (Å²) in [6, 6.07) is 3.81. The number of aliphatic hydroxyl groups is 1. The number of rotatable bonds is 4. The first-order valence-corrected chi connectivity index (χ1v) is 7.90. The van der Waals surface area contributed by atoms with E-state index in [1.165, 1.54) is 19.3 Å². The summed E-state index contributed by atoms with van der Waals surface area (Å²) in [5, 5.41) is 10.7. The highest BCUT2D eigenvalue weighted by Crippen LogP contribution is 2.47. The number of nitrogens with two attached hydrogens (primary N) is 1. The lowest BCUT2D eigenvalue weighted by Gasteiger charge is -2.42. The zero-order valence-electron chi connectivity index (χ0n) is 11.5. The summed E-state index contributed by atoms with van der Waals surface area (Å²) in [4.78, 5) is 4.33. The smallest absolute Gasteiger partial charge is 0.103 e. The minimum atomic E-state index is -0.552. The Morgan fingerprint density at radius 2 is 2.16 bits per heavy atom. The zero-order chi connectivity index (χ0) is 13.9. The van der Waals surface area contributed by atoms with Crippen LogP contribution in [0.15, 0.2) is 22.8 Å². The lowest BCUT2D eigenvalue weighted by molar-refractivity contribution is -0.0129. The summed E-state index contributed by atoms with van der Waals surface area (Å²) in [7, 11) is 0. The molecule has 1 aliphatic carbocycles.